The molecule has 1 aliphatic rings. The quantitative estimate of drug-likeness (QED) is 0.470. The Bertz CT molecular complexity index is 675. The Hall–Kier alpha value is 0.0600. The van der Waals surface area contributed by atoms with Crippen LogP contribution in [0.3, 0.4) is 0 Å². The minimum atomic E-state index is -0.355. The van der Waals surface area contributed by atoms with Crippen molar-refractivity contribution in [2.45, 2.75) is 11.8 Å². The molecule has 0 spiro atoms. The lowest BCUT2D eigenvalue weighted by Gasteiger charge is -2.15. The first-order chi connectivity index (χ1) is 10.1. The zero-order valence-electron chi connectivity index (χ0n) is 10.7. The van der Waals surface area contributed by atoms with Crippen molar-refractivity contribution < 1.29 is 9.47 Å². The largest absolute Gasteiger partial charge is 0.490 e. The van der Waals surface area contributed by atoms with E-state index in [0.29, 0.717) is 29.7 Å². The Morgan fingerprint density at radius 1 is 1.05 bits per heavy atom. The summed E-state index contributed by atoms with van der Waals surface area (Å²) in [5.74, 6) is 1.37. The summed E-state index contributed by atoms with van der Waals surface area (Å²) in [7, 11) is 0. The number of fused-ring (bicyclic) bond motifs is 1. The number of ether oxygens (including phenoxy) is 2. The van der Waals surface area contributed by atoms with E-state index in [1.807, 2.05) is 12.1 Å². The van der Waals surface area contributed by atoms with Gasteiger partial charge >= 0.3 is 0 Å². The summed E-state index contributed by atoms with van der Waals surface area (Å²) < 4.78 is 13.3. The highest BCUT2D eigenvalue weighted by Gasteiger charge is 2.22. The summed E-state index contributed by atoms with van der Waals surface area (Å²) in [6.45, 7) is 1.27. The van der Waals surface area contributed by atoms with Crippen LogP contribution in [0.1, 0.15) is 22.9 Å². The molecule has 0 radical (unpaired) electrons. The summed E-state index contributed by atoms with van der Waals surface area (Å²) in [5, 5.41) is 0.222. The van der Waals surface area contributed by atoms with Crippen molar-refractivity contribution in [2.75, 3.05) is 13.2 Å². The van der Waals surface area contributed by atoms with Crippen LogP contribution in [0.5, 0.6) is 11.5 Å². The number of rotatable bonds is 2. The molecule has 7 heteroatoms. The zero-order chi connectivity index (χ0) is 15.0. The van der Waals surface area contributed by atoms with Gasteiger partial charge in [-0.3, -0.25) is 0 Å². The molecule has 3 rings (SSSR count). The molecule has 2 heterocycles. The number of hydrogen-bond donors (Lipinski definition) is 0. The maximum atomic E-state index is 6.61. The summed E-state index contributed by atoms with van der Waals surface area (Å²) >= 11 is 21.6. The zero-order valence-corrected chi connectivity index (χ0v) is 16.2. The molecule has 2 nitrogen and oxygen atoms in total. The second kappa shape index (κ2) is 6.67. The van der Waals surface area contributed by atoms with E-state index in [-0.39, 0.29) is 5.38 Å². The van der Waals surface area contributed by atoms with Gasteiger partial charge in [0.15, 0.2) is 11.5 Å². The van der Waals surface area contributed by atoms with E-state index in [0.717, 1.165) is 25.1 Å². The molecule has 1 aromatic carbocycles. The van der Waals surface area contributed by atoms with Crippen molar-refractivity contribution in [1.82, 2.24) is 0 Å². The van der Waals surface area contributed by atoms with E-state index in [2.05, 4.69) is 31.9 Å². The second-order valence-corrected chi connectivity index (χ2v) is 9.11. The van der Waals surface area contributed by atoms with Gasteiger partial charge < -0.3 is 9.47 Å². The van der Waals surface area contributed by atoms with E-state index in [4.69, 9.17) is 32.7 Å². The maximum absolute atomic E-state index is 6.61. The third-order valence-corrected chi connectivity index (χ3v) is 6.28. The fourth-order valence-corrected chi connectivity index (χ4v) is 5.86. The van der Waals surface area contributed by atoms with Crippen LogP contribution in [0.2, 0.25) is 5.02 Å². The van der Waals surface area contributed by atoms with E-state index in [1.165, 1.54) is 0 Å². The van der Waals surface area contributed by atoms with Gasteiger partial charge in [-0.15, -0.1) is 22.9 Å². The Kier molecular flexibility index (Phi) is 5.06. The van der Waals surface area contributed by atoms with Gasteiger partial charge in [0.2, 0.25) is 0 Å². The number of hydrogen-bond acceptors (Lipinski definition) is 3. The molecule has 0 amide bonds. The summed E-state index contributed by atoms with van der Waals surface area (Å²) in [5.41, 5.74) is 1.79. The fraction of sp³-hybridized carbons (Fsp3) is 0.286. The first kappa shape index (κ1) is 15.9. The SMILES string of the molecule is Clc1cc2c(cc1C(Cl)c1cc(Br)sc1Br)OCCCO2. The fourth-order valence-electron chi connectivity index (χ4n) is 2.09. The van der Waals surface area contributed by atoms with Crippen molar-refractivity contribution in [1.29, 1.82) is 0 Å². The van der Waals surface area contributed by atoms with Gasteiger partial charge in [0, 0.05) is 23.1 Å². The summed E-state index contributed by atoms with van der Waals surface area (Å²) in [6, 6.07) is 5.65. The average Bonchev–Trinajstić information content (AvgIpc) is 2.64. The van der Waals surface area contributed by atoms with E-state index in [1.54, 1.807) is 17.4 Å². The lowest BCUT2D eigenvalue weighted by atomic mass is 10.1. The second-order valence-electron chi connectivity index (χ2n) is 4.51. The topological polar surface area (TPSA) is 18.5 Å². The Morgan fingerprint density at radius 2 is 1.71 bits per heavy atom. The average molecular weight is 473 g/mol. The summed E-state index contributed by atoms with van der Waals surface area (Å²) in [4.78, 5) is 0. The number of thiophene rings is 1. The monoisotopic (exact) mass is 470 g/mol. The van der Waals surface area contributed by atoms with Crippen LogP contribution in [-0.4, -0.2) is 13.2 Å². The smallest absolute Gasteiger partial charge is 0.162 e. The molecule has 1 aromatic heterocycles. The molecular weight excluding hydrogens is 463 g/mol. The van der Waals surface area contributed by atoms with Crippen molar-refractivity contribution in [3.63, 3.8) is 0 Å². The van der Waals surface area contributed by atoms with Gasteiger partial charge in [-0.2, -0.15) is 0 Å². The van der Waals surface area contributed by atoms with Crippen LogP contribution in [0, 0.1) is 0 Å². The molecule has 0 bridgehead atoms. The van der Waals surface area contributed by atoms with Gasteiger partial charge in [-0.1, -0.05) is 11.6 Å². The molecule has 0 N–H and O–H groups in total. The highest BCUT2D eigenvalue weighted by atomic mass is 79.9. The third-order valence-electron chi connectivity index (χ3n) is 3.10. The predicted molar refractivity (Wildman–Crippen MR) is 94.5 cm³/mol. The third kappa shape index (κ3) is 3.37. The van der Waals surface area contributed by atoms with Gasteiger partial charge in [0.25, 0.3) is 0 Å². The highest BCUT2D eigenvalue weighted by Crippen LogP contribution is 2.45. The standard InChI is InChI=1S/C14H10Br2Cl2O2S/c15-12-5-8(14(16)21-12)13(18)7-4-10-11(6-9(7)17)20-3-1-2-19-10/h4-6,13H,1-3H2. The first-order valence-electron chi connectivity index (χ1n) is 6.24. The Balaban J connectivity index is 2.02. The number of alkyl halides is 1. The van der Waals surface area contributed by atoms with Crippen LogP contribution in [0.4, 0.5) is 0 Å². The van der Waals surface area contributed by atoms with E-state index < -0.39 is 0 Å². The highest BCUT2D eigenvalue weighted by molar-refractivity contribution is 9.12. The van der Waals surface area contributed by atoms with E-state index in [9.17, 15) is 0 Å². The number of halogens is 4. The lowest BCUT2D eigenvalue weighted by molar-refractivity contribution is 0.297. The molecule has 0 saturated heterocycles. The Morgan fingerprint density at radius 3 is 2.33 bits per heavy atom. The van der Waals surface area contributed by atoms with Crippen molar-refractivity contribution >= 4 is 66.4 Å². The summed E-state index contributed by atoms with van der Waals surface area (Å²) in [6.07, 6.45) is 0.856. The molecular formula is C14H10Br2Cl2O2S. The van der Waals surface area contributed by atoms with Gasteiger partial charge in [-0.25, -0.2) is 0 Å². The maximum Gasteiger partial charge on any atom is 0.162 e. The molecule has 1 unspecified atom stereocenters. The molecule has 0 fully saturated rings. The van der Waals surface area contributed by atoms with Crippen LogP contribution < -0.4 is 9.47 Å². The van der Waals surface area contributed by atoms with Gasteiger partial charge in [0.05, 0.1) is 26.2 Å². The van der Waals surface area contributed by atoms with Crippen molar-refractivity contribution in [2.24, 2.45) is 0 Å². The minimum absolute atomic E-state index is 0.355. The van der Waals surface area contributed by atoms with Crippen molar-refractivity contribution in [3.8, 4) is 11.5 Å². The van der Waals surface area contributed by atoms with Crippen LogP contribution in [0.15, 0.2) is 25.8 Å². The molecule has 0 saturated carbocycles. The normalized spacial score (nSPS) is 15.6. The molecule has 0 aliphatic carbocycles. The van der Waals surface area contributed by atoms with Gasteiger partial charge in [0.1, 0.15) is 0 Å². The van der Waals surface area contributed by atoms with Crippen LogP contribution in [-0.2, 0) is 0 Å². The molecule has 21 heavy (non-hydrogen) atoms. The molecule has 1 aliphatic heterocycles. The van der Waals surface area contributed by atoms with E-state index >= 15 is 0 Å². The first-order valence-corrected chi connectivity index (χ1v) is 9.46. The lowest BCUT2D eigenvalue weighted by Crippen LogP contribution is -1.98. The molecule has 1 atom stereocenters. The Labute approximate surface area is 153 Å². The van der Waals surface area contributed by atoms with Crippen LogP contribution in [0.25, 0.3) is 0 Å². The van der Waals surface area contributed by atoms with Gasteiger partial charge in [-0.05, 0) is 49.6 Å². The van der Waals surface area contributed by atoms with Crippen LogP contribution >= 0.6 is 66.4 Å². The minimum Gasteiger partial charge on any atom is -0.490 e. The number of benzene rings is 1. The molecule has 2 aromatic rings. The molecule has 112 valence electrons. The predicted octanol–water partition coefficient (Wildman–Crippen LogP) is 6.42. The van der Waals surface area contributed by atoms with Crippen molar-refractivity contribution in [3.05, 3.63) is 41.9 Å².